The van der Waals surface area contributed by atoms with E-state index >= 15 is 0 Å². The van der Waals surface area contributed by atoms with Gasteiger partial charge in [0.05, 0.1) is 0 Å². The molecule has 0 N–H and O–H groups in total. The number of hydrogen-bond acceptors (Lipinski definition) is 2. The second kappa shape index (κ2) is 3.37. The second-order valence-electron chi connectivity index (χ2n) is 4.79. The van der Waals surface area contributed by atoms with Crippen molar-refractivity contribution >= 4 is 12.0 Å². The van der Waals surface area contributed by atoms with E-state index in [-0.39, 0.29) is 11.5 Å². The average molecular weight is 203 g/mol. The minimum atomic E-state index is -0.0872. The van der Waals surface area contributed by atoms with E-state index in [1.807, 2.05) is 12.1 Å². The maximum atomic E-state index is 11.1. The molecule has 2 rings (SSSR count). The maximum Gasteiger partial charge on any atom is 0.125 e. The molecule has 0 aliphatic carbocycles. The van der Waals surface area contributed by atoms with Gasteiger partial charge < -0.3 is 9.69 Å². The van der Waals surface area contributed by atoms with E-state index in [0.717, 1.165) is 12.7 Å². The van der Waals surface area contributed by atoms with Crippen LogP contribution in [0.2, 0.25) is 0 Å². The fourth-order valence-electron chi connectivity index (χ4n) is 2.27. The largest absolute Gasteiger partial charge is 0.369 e. The van der Waals surface area contributed by atoms with Crippen LogP contribution in [0.4, 0.5) is 5.69 Å². The van der Waals surface area contributed by atoms with Crippen LogP contribution >= 0.6 is 0 Å². The van der Waals surface area contributed by atoms with Crippen LogP contribution in [-0.2, 0) is 11.2 Å². The van der Waals surface area contributed by atoms with Gasteiger partial charge in [0, 0.05) is 24.2 Å². The molecule has 0 bridgehead atoms. The number of nitrogens with zero attached hydrogens (tertiary/aromatic N) is 1. The van der Waals surface area contributed by atoms with Crippen LogP contribution < -0.4 is 4.90 Å². The number of para-hydroxylation sites is 1. The van der Waals surface area contributed by atoms with Crippen molar-refractivity contribution in [3.8, 4) is 0 Å². The predicted octanol–water partition coefficient (Wildman–Crippen LogP) is 2.27. The van der Waals surface area contributed by atoms with Gasteiger partial charge in [-0.25, -0.2) is 0 Å². The zero-order valence-electron chi connectivity index (χ0n) is 9.53. The summed E-state index contributed by atoms with van der Waals surface area (Å²) in [5, 5.41) is 0. The zero-order valence-corrected chi connectivity index (χ0v) is 9.53. The van der Waals surface area contributed by atoms with Crippen molar-refractivity contribution in [3.05, 3.63) is 29.8 Å². The Labute approximate surface area is 90.9 Å². The molecule has 1 aliphatic heterocycles. The van der Waals surface area contributed by atoms with Gasteiger partial charge in [0.2, 0.25) is 0 Å². The summed E-state index contributed by atoms with van der Waals surface area (Å²) in [6, 6.07) is 8.31. The summed E-state index contributed by atoms with van der Waals surface area (Å²) in [5.41, 5.74) is 2.44. The highest BCUT2D eigenvalue weighted by atomic mass is 16.1. The fraction of sp³-hybridized carbons (Fsp3) is 0.462. The Hall–Kier alpha value is -1.31. The molecule has 1 aromatic carbocycles. The first-order valence-electron chi connectivity index (χ1n) is 5.34. The van der Waals surface area contributed by atoms with Gasteiger partial charge in [-0.3, -0.25) is 0 Å². The van der Waals surface area contributed by atoms with E-state index in [1.165, 1.54) is 11.3 Å². The summed E-state index contributed by atoms with van der Waals surface area (Å²) >= 11 is 0. The smallest absolute Gasteiger partial charge is 0.125 e. The fourth-order valence-corrected chi connectivity index (χ4v) is 2.27. The molecule has 80 valence electrons. The monoisotopic (exact) mass is 203 g/mol. The lowest BCUT2D eigenvalue weighted by molar-refractivity contribution is -0.112. The molecule has 1 aromatic rings. The van der Waals surface area contributed by atoms with Gasteiger partial charge in [-0.05, 0) is 31.9 Å². The summed E-state index contributed by atoms with van der Waals surface area (Å²) in [5.74, 6) is 0.0809. The number of carbonyl (C=O) groups is 1. The molecule has 1 atom stereocenters. The molecule has 15 heavy (non-hydrogen) atoms. The van der Waals surface area contributed by atoms with Gasteiger partial charge in [-0.1, -0.05) is 18.2 Å². The Morgan fingerprint density at radius 3 is 2.73 bits per heavy atom. The van der Waals surface area contributed by atoms with Crippen LogP contribution in [0.1, 0.15) is 19.4 Å². The van der Waals surface area contributed by atoms with Crippen molar-refractivity contribution in [3.63, 3.8) is 0 Å². The van der Waals surface area contributed by atoms with Crippen LogP contribution in [0.5, 0.6) is 0 Å². The van der Waals surface area contributed by atoms with Crippen molar-refractivity contribution in [2.45, 2.75) is 25.8 Å². The van der Waals surface area contributed by atoms with Gasteiger partial charge in [-0.15, -0.1) is 0 Å². The van der Waals surface area contributed by atoms with E-state index in [2.05, 4.69) is 37.9 Å². The number of benzene rings is 1. The summed E-state index contributed by atoms with van der Waals surface area (Å²) in [6.07, 6.45) is 1.95. The number of fused-ring (bicyclic) bond motifs is 1. The van der Waals surface area contributed by atoms with Crippen molar-refractivity contribution in [1.82, 2.24) is 0 Å². The minimum absolute atomic E-state index is 0.0809. The number of anilines is 1. The lowest BCUT2D eigenvalue weighted by atomic mass is 9.78. The normalized spacial score (nSPS) is 23.4. The molecule has 1 aliphatic rings. The lowest BCUT2D eigenvalue weighted by Crippen LogP contribution is -2.52. The van der Waals surface area contributed by atoms with E-state index < -0.39 is 0 Å². The van der Waals surface area contributed by atoms with Crippen molar-refractivity contribution in [1.29, 1.82) is 0 Å². The number of rotatable bonds is 1. The first kappa shape index (κ1) is 10.2. The summed E-state index contributed by atoms with van der Waals surface area (Å²) in [6.45, 7) is 4.25. The topological polar surface area (TPSA) is 20.3 Å². The third kappa shape index (κ3) is 1.44. The molecular formula is C13H17NO. The Kier molecular flexibility index (Phi) is 2.29. The third-order valence-electron chi connectivity index (χ3n) is 3.73. The SMILES string of the molecule is CN1c2ccccc2CC(C=O)C1(C)C. The molecule has 0 amide bonds. The average Bonchev–Trinajstić information content (AvgIpc) is 2.23. The molecule has 2 nitrogen and oxygen atoms in total. The number of carbonyl (C=O) groups excluding carboxylic acids is 1. The van der Waals surface area contributed by atoms with Crippen LogP contribution in [0, 0.1) is 5.92 Å². The molecule has 2 heteroatoms. The van der Waals surface area contributed by atoms with Crippen LogP contribution in [-0.4, -0.2) is 18.9 Å². The molecular weight excluding hydrogens is 186 g/mol. The Bertz CT molecular complexity index is 384. The van der Waals surface area contributed by atoms with Crippen molar-refractivity contribution < 1.29 is 4.79 Å². The first-order chi connectivity index (χ1) is 7.07. The minimum Gasteiger partial charge on any atom is -0.369 e. The molecule has 0 radical (unpaired) electrons. The molecule has 1 heterocycles. The van der Waals surface area contributed by atoms with Gasteiger partial charge in [0.1, 0.15) is 6.29 Å². The molecule has 0 saturated heterocycles. The summed E-state index contributed by atoms with van der Waals surface area (Å²) in [7, 11) is 2.06. The maximum absolute atomic E-state index is 11.1. The highest BCUT2D eigenvalue weighted by molar-refractivity contribution is 5.66. The summed E-state index contributed by atoms with van der Waals surface area (Å²) in [4.78, 5) is 13.3. The highest BCUT2D eigenvalue weighted by Gasteiger charge is 2.38. The highest BCUT2D eigenvalue weighted by Crippen LogP contribution is 2.37. The van der Waals surface area contributed by atoms with Gasteiger partial charge >= 0.3 is 0 Å². The molecule has 0 aromatic heterocycles. The van der Waals surface area contributed by atoms with Crippen molar-refractivity contribution in [2.24, 2.45) is 5.92 Å². The van der Waals surface area contributed by atoms with Crippen molar-refractivity contribution in [2.75, 3.05) is 11.9 Å². The molecule has 1 unspecified atom stereocenters. The van der Waals surface area contributed by atoms with E-state index in [1.54, 1.807) is 0 Å². The second-order valence-corrected chi connectivity index (χ2v) is 4.79. The van der Waals surface area contributed by atoms with Crippen LogP contribution in [0.25, 0.3) is 0 Å². The van der Waals surface area contributed by atoms with E-state index in [4.69, 9.17) is 0 Å². The standard InChI is InChI=1S/C13H17NO/c1-13(2)11(9-15)8-10-6-4-5-7-12(10)14(13)3/h4-7,9,11H,8H2,1-3H3. The molecule has 0 fully saturated rings. The quantitative estimate of drug-likeness (QED) is 0.653. The summed E-state index contributed by atoms with van der Waals surface area (Å²) < 4.78 is 0. The van der Waals surface area contributed by atoms with E-state index in [9.17, 15) is 4.79 Å². The van der Waals surface area contributed by atoms with Crippen LogP contribution in [0.15, 0.2) is 24.3 Å². The van der Waals surface area contributed by atoms with Gasteiger partial charge in [-0.2, -0.15) is 0 Å². The number of hydrogen-bond donors (Lipinski definition) is 0. The van der Waals surface area contributed by atoms with Crippen LogP contribution in [0.3, 0.4) is 0 Å². The lowest BCUT2D eigenvalue weighted by Gasteiger charge is -2.46. The zero-order chi connectivity index (χ0) is 11.1. The van der Waals surface area contributed by atoms with Gasteiger partial charge in [0.15, 0.2) is 0 Å². The molecule has 0 saturated carbocycles. The first-order valence-corrected chi connectivity index (χ1v) is 5.34. The Morgan fingerprint density at radius 2 is 2.07 bits per heavy atom. The number of aldehydes is 1. The third-order valence-corrected chi connectivity index (χ3v) is 3.73. The predicted molar refractivity (Wildman–Crippen MR) is 62.2 cm³/mol. The Morgan fingerprint density at radius 1 is 1.40 bits per heavy atom. The van der Waals surface area contributed by atoms with E-state index in [0.29, 0.717) is 0 Å². The van der Waals surface area contributed by atoms with Gasteiger partial charge in [0.25, 0.3) is 0 Å². The molecule has 0 spiro atoms. The Balaban J connectivity index is 2.50.